The zero-order chi connectivity index (χ0) is 17.6. The van der Waals surface area contributed by atoms with Crippen LogP contribution in [0.5, 0.6) is 0 Å². The van der Waals surface area contributed by atoms with E-state index in [0.29, 0.717) is 13.1 Å². The van der Waals surface area contributed by atoms with E-state index in [4.69, 9.17) is 0 Å². The van der Waals surface area contributed by atoms with Gasteiger partial charge in [-0.15, -0.1) is 11.3 Å². The smallest absolute Gasteiger partial charge is 0.240 e. The summed E-state index contributed by atoms with van der Waals surface area (Å²) in [5.74, 6) is 0.262. The summed E-state index contributed by atoms with van der Waals surface area (Å²) in [5, 5.41) is 0. The van der Waals surface area contributed by atoms with E-state index in [1.165, 1.54) is 16.9 Å². The number of nitrogens with zero attached hydrogens (tertiary/aromatic N) is 3. The minimum Gasteiger partial charge on any atom is -0.332 e. The van der Waals surface area contributed by atoms with Crippen molar-refractivity contribution in [1.82, 2.24) is 14.8 Å². The zero-order valence-electron chi connectivity index (χ0n) is 15.1. The van der Waals surface area contributed by atoms with E-state index in [1.54, 1.807) is 11.3 Å². The molecule has 2 heterocycles. The summed E-state index contributed by atoms with van der Waals surface area (Å²) in [6.45, 7) is 7.46. The number of likely N-dealkylation sites (N-methyl/N-ethyl adjacent to an activating group) is 1. The van der Waals surface area contributed by atoms with Crippen LogP contribution < -0.4 is 0 Å². The van der Waals surface area contributed by atoms with E-state index < -0.39 is 0 Å². The molecule has 1 saturated heterocycles. The molecule has 3 rings (SSSR count). The van der Waals surface area contributed by atoms with Gasteiger partial charge in [-0.1, -0.05) is 43.7 Å². The first-order chi connectivity index (χ1) is 12.2. The van der Waals surface area contributed by atoms with Crippen molar-refractivity contribution in [1.29, 1.82) is 0 Å². The van der Waals surface area contributed by atoms with Crippen LogP contribution in [0, 0.1) is 6.92 Å². The Morgan fingerprint density at radius 3 is 2.76 bits per heavy atom. The SMILES string of the molecule is CCN1CCCC[C@H]1C(=O)N(Cc1ccccc1)Cc1scnc1C. The van der Waals surface area contributed by atoms with E-state index in [2.05, 4.69) is 28.9 Å². The van der Waals surface area contributed by atoms with Crippen LogP contribution in [0.2, 0.25) is 0 Å². The van der Waals surface area contributed by atoms with Crippen molar-refractivity contribution in [2.45, 2.75) is 52.2 Å². The zero-order valence-corrected chi connectivity index (χ0v) is 16.0. The van der Waals surface area contributed by atoms with Gasteiger partial charge in [-0.05, 0) is 38.4 Å². The number of aromatic nitrogens is 1. The van der Waals surface area contributed by atoms with Gasteiger partial charge in [0.15, 0.2) is 0 Å². The fraction of sp³-hybridized carbons (Fsp3) is 0.500. The molecule has 25 heavy (non-hydrogen) atoms. The molecule has 0 saturated carbocycles. The lowest BCUT2D eigenvalue weighted by Crippen LogP contribution is -2.50. The normalized spacial score (nSPS) is 18.2. The number of likely N-dealkylation sites (tertiary alicyclic amines) is 1. The molecule has 1 aromatic heterocycles. The maximum Gasteiger partial charge on any atom is 0.240 e. The Labute approximate surface area is 154 Å². The van der Waals surface area contributed by atoms with Crippen LogP contribution in [0.4, 0.5) is 0 Å². The number of benzene rings is 1. The first kappa shape index (κ1) is 18.1. The van der Waals surface area contributed by atoms with Crippen LogP contribution in [0.25, 0.3) is 0 Å². The molecule has 1 atom stereocenters. The molecule has 1 aliphatic heterocycles. The second kappa shape index (κ2) is 8.59. The molecule has 0 bridgehead atoms. The molecule has 1 aliphatic rings. The lowest BCUT2D eigenvalue weighted by Gasteiger charge is -2.37. The van der Waals surface area contributed by atoms with Gasteiger partial charge in [0.2, 0.25) is 5.91 Å². The van der Waals surface area contributed by atoms with Crippen LogP contribution in [-0.4, -0.2) is 39.8 Å². The predicted octanol–water partition coefficient (Wildman–Crippen LogP) is 3.85. The Kier molecular flexibility index (Phi) is 6.21. The highest BCUT2D eigenvalue weighted by atomic mass is 32.1. The molecule has 2 aromatic rings. The van der Waals surface area contributed by atoms with Crippen LogP contribution >= 0.6 is 11.3 Å². The molecular formula is C20H27N3OS. The summed E-state index contributed by atoms with van der Waals surface area (Å²) in [5.41, 5.74) is 4.08. The summed E-state index contributed by atoms with van der Waals surface area (Å²) < 4.78 is 0. The van der Waals surface area contributed by atoms with E-state index in [0.717, 1.165) is 31.6 Å². The first-order valence-corrected chi connectivity index (χ1v) is 10.0. The van der Waals surface area contributed by atoms with Crippen LogP contribution in [0.1, 0.15) is 42.3 Å². The lowest BCUT2D eigenvalue weighted by atomic mass is 10.0. The average Bonchev–Trinajstić information content (AvgIpc) is 3.06. The third-order valence-electron chi connectivity index (χ3n) is 5.01. The van der Waals surface area contributed by atoms with Crippen LogP contribution in [0.3, 0.4) is 0 Å². The summed E-state index contributed by atoms with van der Waals surface area (Å²) in [6, 6.07) is 10.3. The van der Waals surface area contributed by atoms with Crippen LogP contribution in [-0.2, 0) is 17.9 Å². The summed E-state index contributed by atoms with van der Waals surface area (Å²) >= 11 is 1.64. The molecule has 1 amide bonds. The summed E-state index contributed by atoms with van der Waals surface area (Å²) in [6.07, 6.45) is 3.32. The number of carbonyl (C=O) groups excluding carboxylic acids is 1. The molecule has 0 radical (unpaired) electrons. The second-order valence-electron chi connectivity index (χ2n) is 6.68. The molecule has 0 aliphatic carbocycles. The minimum absolute atomic E-state index is 0.0238. The van der Waals surface area contributed by atoms with E-state index in [1.807, 2.05) is 35.5 Å². The standard InChI is InChI=1S/C20H27N3OS/c1-3-22-12-8-7-11-18(22)20(24)23(13-17-9-5-4-6-10-17)14-19-16(2)21-15-25-19/h4-6,9-10,15,18H,3,7-8,11-14H2,1-2H3/t18-/m0/s1. The van der Waals surface area contributed by atoms with Crippen LogP contribution in [0.15, 0.2) is 35.8 Å². The fourth-order valence-corrected chi connectivity index (χ4v) is 4.32. The summed E-state index contributed by atoms with van der Waals surface area (Å²) in [4.78, 5) is 23.3. The Morgan fingerprint density at radius 2 is 2.08 bits per heavy atom. The number of rotatable bonds is 6. The Hall–Kier alpha value is -1.72. The molecule has 5 heteroatoms. The van der Waals surface area contributed by atoms with E-state index in [9.17, 15) is 4.79 Å². The number of thiazole rings is 1. The van der Waals surface area contributed by atoms with Gasteiger partial charge in [-0.25, -0.2) is 4.98 Å². The van der Waals surface area contributed by atoms with Crippen molar-refractivity contribution >= 4 is 17.2 Å². The summed E-state index contributed by atoms with van der Waals surface area (Å²) in [7, 11) is 0. The lowest BCUT2D eigenvalue weighted by molar-refractivity contribution is -0.139. The maximum absolute atomic E-state index is 13.4. The Balaban J connectivity index is 1.81. The van der Waals surface area contributed by atoms with Crippen molar-refractivity contribution in [3.8, 4) is 0 Å². The Morgan fingerprint density at radius 1 is 1.28 bits per heavy atom. The van der Waals surface area contributed by atoms with Gasteiger partial charge in [0.05, 0.1) is 23.8 Å². The highest BCUT2D eigenvalue weighted by molar-refractivity contribution is 7.09. The van der Waals surface area contributed by atoms with Gasteiger partial charge >= 0.3 is 0 Å². The van der Waals surface area contributed by atoms with E-state index in [-0.39, 0.29) is 11.9 Å². The van der Waals surface area contributed by atoms with E-state index >= 15 is 0 Å². The molecule has 134 valence electrons. The largest absolute Gasteiger partial charge is 0.332 e. The molecule has 0 spiro atoms. The second-order valence-corrected chi connectivity index (χ2v) is 7.62. The predicted molar refractivity (Wildman–Crippen MR) is 102 cm³/mol. The van der Waals surface area contributed by atoms with Crippen molar-refractivity contribution in [3.05, 3.63) is 52.0 Å². The van der Waals surface area contributed by atoms with Gasteiger partial charge in [-0.3, -0.25) is 9.69 Å². The fourth-order valence-electron chi connectivity index (χ4n) is 3.53. The highest BCUT2D eigenvalue weighted by Gasteiger charge is 2.31. The average molecular weight is 358 g/mol. The number of carbonyl (C=O) groups is 1. The number of piperidine rings is 1. The van der Waals surface area contributed by atoms with Gasteiger partial charge in [-0.2, -0.15) is 0 Å². The van der Waals surface area contributed by atoms with Crippen molar-refractivity contribution < 1.29 is 4.79 Å². The number of hydrogen-bond donors (Lipinski definition) is 0. The van der Waals surface area contributed by atoms with Crippen molar-refractivity contribution in [2.75, 3.05) is 13.1 Å². The quantitative estimate of drug-likeness (QED) is 0.788. The van der Waals surface area contributed by atoms with Gasteiger partial charge < -0.3 is 4.90 Å². The third-order valence-corrected chi connectivity index (χ3v) is 5.93. The molecule has 1 fully saturated rings. The third kappa shape index (κ3) is 4.47. The minimum atomic E-state index is 0.0238. The van der Waals surface area contributed by atoms with Gasteiger partial charge in [0.25, 0.3) is 0 Å². The molecular weight excluding hydrogens is 330 g/mol. The Bertz CT molecular complexity index is 685. The monoisotopic (exact) mass is 357 g/mol. The number of aryl methyl sites for hydroxylation is 1. The topological polar surface area (TPSA) is 36.4 Å². The first-order valence-electron chi connectivity index (χ1n) is 9.14. The van der Waals surface area contributed by atoms with Gasteiger partial charge in [0, 0.05) is 11.4 Å². The molecule has 1 aromatic carbocycles. The number of amides is 1. The molecule has 0 unspecified atom stereocenters. The van der Waals surface area contributed by atoms with Gasteiger partial charge in [0.1, 0.15) is 0 Å². The highest BCUT2D eigenvalue weighted by Crippen LogP contribution is 2.23. The molecule has 4 nitrogen and oxygen atoms in total. The van der Waals surface area contributed by atoms with Crippen molar-refractivity contribution in [3.63, 3.8) is 0 Å². The number of hydrogen-bond acceptors (Lipinski definition) is 4. The molecule has 0 N–H and O–H groups in total. The van der Waals surface area contributed by atoms with Crippen molar-refractivity contribution in [2.24, 2.45) is 0 Å². The maximum atomic E-state index is 13.4.